The van der Waals surface area contributed by atoms with Gasteiger partial charge in [0, 0.05) is 45.1 Å². The molecule has 0 saturated carbocycles. The van der Waals surface area contributed by atoms with Crippen LogP contribution in [0.15, 0.2) is 41.3 Å². The van der Waals surface area contributed by atoms with Gasteiger partial charge in [0.15, 0.2) is 0 Å². The fourth-order valence-electron chi connectivity index (χ4n) is 5.79. The Hall–Kier alpha value is -3.24. The SMILES string of the molecule is CCc1nc2ccccc2n1CCC(=O)N1CCC2(CC1)C[C@@](C)(O)[C@H](n1ccc(N)nc1=O)CO2. The van der Waals surface area contributed by atoms with Gasteiger partial charge in [0.2, 0.25) is 5.91 Å². The molecule has 1 amide bonds. The van der Waals surface area contributed by atoms with Gasteiger partial charge in [-0.05, 0) is 38.0 Å². The molecule has 1 spiro atoms. The second-order valence-electron chi connectivity index (χ2n) is 10.2. The zero-order valence-corrected chi connectivity index (χ0v) is 20.9. The van der Waals surface area contributed by atoms with Crippen molar-refractivity contribution in [3.8, 4) is 0 Å². The number of likely N-dealkylation sites (tertiary alicyclic amines) is 1. The minimum atomic E-state index is -1.16. The Bertz CT molecular complexity index is 1320. The maximum atomic E-state index is 13.1. The summed E-state index contributed by atoms with van der Waals surface area (Å²) in [6, 6.07) is 9.01. The average Bonchev–Trinajstić information content (AvgIpc) is 3.21. The number of nitrogens with two attached hydrogens (primary N) is 1. The molecule has 2 aliphatic rings. The summed E-state index contributed by atoms with van der Waals surface area (Å²) in [6.45, 7) is 5.76. The third-order valence-electron chi connectivity index (χ3n) is 7.76. The Morgan fingerprint density at radius 2 is 1.97 bits per heavy atom. The largest absolute Gasteiger partial charge is 0.388 e. The van der Waals surface area contributed by atoms with Crippen molar-refractivity contribution in [1.29, 1.82) is 0 Å². The van der Waals surface area contributed by atoms with E-state index in [0.717, 1.165) is 23.3 Å². The lowest BCUT2D eigenvalue weighted by Crippen LogP contribution is -2.59. The first-order valence-corrected chi connectivity index (χ1v) is 12.6. The zero-order valence-electron chi connectivity index (χ0n) is 20.9. The highest BCUT2D eigenvalue weighted by molar-refractivity contribution is 5.78. The van der Waals surface area contributed by atoms with Gasteiger partial charge in [0.05, 0.1) is 34.9 Å². The van der Waals surface area contributed by atoms with Gasteiger partial charge in [0.1, 0.15) is 11.6 Å². The number of nitrogen functional groups attached to an aromatic ring is 1. The molecule has 0 unspecified atom stereocenters. The second-order valence-corrected chi connectivity index (χ2v) is 10.2. The summed E-state index contributed by atoms with van der Waals surface area (Å²) in [4.78, 5) is 35.8. The molecule has 36 heavy (non-hydrogen) atoms. The number of carbonyl (C=O) groups excluding carboxylic acids is 1. The Kier molecular flexibility index (Phi) is 6.34. The number of aromatic nitrogens is 4. The summed E-state index contributed by atoms with van der Waals surface area (Å²) in [5, 5.41) is 11.3. The molecule has 0 bridgehead atoms. The molecular weight excluding hydrogens is 460 g/mol. The van der Waals surface area contributed by atoms with Crippen molar-refractivity contribution in [2.45, 2.75) is 69.7 Å². The van der Waals surface area contributed by atoms with Crippen LogP contribution in [0, 0.1) is 0 Å². The number of fused-ring (bicyclic) bond motifs is 1. The highest BCUT2D eigenvalue weighted by Gasteiger charge is 2.50. The number of amides is 1. The summed E-state index contributed by atoms with van der Waals surface area (Å²) >= 11 is 0. The lowest BCUT2D eigenvalue weighted by molar-refractivity contribution is -0.198. The van der Waals surface area contributed by atoms with Gasteiger partial charge in [-0.3, -0.25) is 9.36 Å². The Morgan fingerprint density at radius 1 is 1.22 bits per heavy atom. The topological polar surface area (TPSA) is 128 Å². The number of para-hydroxylation sites is 2. The molecule has 4 heterocycles. The van der Waals surface area contributed by atoms with E-state index in [9.17, 15) is 14.7 Å². The number of rotatable bonds is 5. The van der Waals surface area contributed by atoms with E-state index in [1.807, 2.05) is 29.2 Å². The van der Waals surface area contributed by atoms with Crippen LogP contribution in [-0.2, 0) is 22.5 Å². The van der Waals surface area contributed by atoms with Crippen molar-refractivity contribution in [2.75, 3.05) is 25.4 Å². The number of benzene rings is 1. The number of aliphatic hydroxyl groups is 1. The number of hydrogen-bond acceptors (Lipinski definition) is 7. The molecule has 2 atom stereocenters. The van der Waals surface area contributed by atoms with Crippen molar-refractivity contribution in [3.05, 3.63) is 52.8 Å². The predicted molar refractivity (Wildman–Crippen MR) is 135 cm³/mol. The molecule has 3 N–H and O–H groups in total. The number of carbonyl (C=O) groups is 1. The van der Waals surface area contributed by atoms with Crippen LogP contribution in [0.2, 0.25) is 0 Å². The Labute approximate surface area is 209 Å². The van der Waals surface area contributed by atoms with Gasteiger partial charge in [-0.25, -0.2) is 9.78 Å². The van der Waals surface area contributed by atoms with Crippen molar-refractivity contribution in [3.63, 3.8) is 0 Å². The van der Waals surface area contributed by atoms with Crippen LogP contribution in [0.4, 0.5) is 5.82 Å². The molecule has 3 aromatic rings. The average molecular weight is 495 g/mol. The minimum absolute atomic E-state index is 0.115. The first-order chi connectivity index (χ1) is 17.2. The van der Waals surface area contributed by atoms with Crippen LogP contribution < -0.4 is 11.4 Å². The number of anilines is 1. The van der Waals surface area contributed by atoms with Gasteiger partial charge in [-0.15, -0.1) is 0 Å². The monoisotopic (exact) mass is 494 g/mol. The van der Waals surface area contributed by atoms with E-state index in [1.54, 1.807) is 19.2 Å². The standard InChI is InChI=1S/C26H34N6O4/c1-3-22-28-18-6-4-5-7-19(18)31(22)13-9-23(33)30-14-10-26(11-15-30)17-25(2,35)20(16-36-26)32-12-8-21(27)29-24(32)34/h4-8,12,20,35H,3,9-11,13-17H2,1-2H3,(H2,27,29,34)/t20-,25-/m1/s1. The lowest BCUT2D eigenvalue weighted by atomic mass is 9.75. The first-order valence-electron chi connectivity index (χ1n) is 12.6. The molecule has 192 valence electrons. The summed E-state index contributed by atoms with van der Waals surface area (Å²) in [5.41, 5.74) is 5.44. The number of imidazole rings is 1. The molecule has 10 nitrogen and oxygen atoms in total. The first kappa shape index (κ1) is 24.5. The molecule has 0 radical (unpaired) electrons. The Balaban J connectivity index is 1.21. The summed E-state index contributed by atoms with van der Waals surface area (Å²) in [7, 11) is 0. The third-order valence-corrected chi connectivity index (χ3v) is 7.76. The highest BCUT2D eigenvalue weighted by Crippen LogP contribution is 2.43. The van der Waals surface area contributed by atoms with Crippen LogP contribution in [0.3, 0.4) is 0 Å². The number of nitrogens with zero attached hydrogens (tertiary/aromatic N) is 5. The Morgan fingerprint density at radius 3 is 2.67 bits per heavy atom. The van der Waals surface area contributed by atoms with Gasteiger partial charge < -0.3 is 25.0 Å². The van der Waals surface area contributed by atoms with Crippen molar-refractivity contribution in [2.24, 2.45) is 0 Å². The van der Waals surface area contributed by atoms with Crippen LogP contribution in [-0.4, -0.2) is 65.9 Å². The molecule has 10 heteroatoms. The number of piperidine rings is 1. The molecule has 2 fully saturated rings. The normalized spacial score (nSPS) is 23.9. The molecule has 1 aromatic carbocycles. The number of ether oxygens (including phenoxy) is 1. The van der Waals surface area contributed by atoms with Gasteiger partial charge in [-0.1, -0.05) is 19.1 Å². The minimum Gasteiger partial charge on any atom is -0.388 e. The van der Waals surface area contributed by atoms with Gasteiger partial charge in [0.25, 0.3) is 0 Å². The van der Waals surface area contributed by atoms with E-state index in [0.29, 0.717) is 45.3 Å². The molecule has 5 rings (SSSR count). The zero-order chi connectivity index (χ0) is 25.5. The predicted octanol–water partition coefficient (Wildman–Crippen LogP) is 1.90. The van der Waals surface area contributed by atoms with Gasteiger partial charge >= 0.3 is 5.69 Å². The molecule has 0 aliphatic carbocycles. The van der Waals surface area contributed by atoms with E-state index < -0.39 is 22.9 Å². The van der Waals surface area contributed by atoms with Crippen molar-refractivity contribution in [1.82, 2.24) is 24.0 Å². The fourth-order valence-corrected chi connectivity index (χ4v) is 5.79. The van der Waals surface area contributed by atoms with Crippen LogP contribution >= 0.6 is 0 Å². The fraction of sp³-hybridized carbons (Fsp3) is 0.538. The van der Waals surface area contributed by atoms with E-state index in [2.05, 4.69) is 16.5 Å². The van der Waals surface area contributed by atoms with E-state index >= 15 is 0 Å². The van der Waals surface area contributed by atoms with Crippen LogP contribution in [0.1, 0.15) is 51.4 Å². The summed E-state index contributed by atoms with van der Waals surface area (Å²) < 4.78 is 9.83. The van der Waals surface area contributed by atoms with Crippen molar-refractivity contribution < 1.29 is 14.6 Å². The number of hydrogen-bond donors (Lipinski definition) is 2. The van der Waals surface area contributed by atoms with Crippen molar-refractivity contribution >= 4 is 22.8 Å². The maximum Gasteiger partial charge on any atom is 0.349 e. The quantitative estimate of drug-likeness (QED) is 0.554. The molecule has 2 aromatic heterocycles. The van der Waals surface area contributed by atoms with Crippen LogP contribution in [0.5, 0.6) is 0 Å². The lowest BCUT2D eigenvalue weighted by Gasteiger charge is -2.51. The second kappa shape index (κ2) is 9.33. The van der Waals surface area contributed by atoms with E-state index in [1.165, 1.54) is 4.57 Å². The van der Waals surface area contributed by atoms with Gasteiger partial charge in [-0.2, -0.15) is 4.98 Å². The van der Waals surface area contributed by atoms with E-state index in [-0.39, 0.29) is 18.3 Å². The molecule has 2 saturated heterocycles. The number of aryl methyl sites for hydroxylation is 2. The van der Waals surface area contributed by atoms with Crippen LogP contribution in [0.25, 0.3) is 11.0 Å². The maximum absolute atomic E-state index is 13.1. The van der Waals surface area contributed by atoms with E-state index in [4.69, 9.17) is 15.5 Å². The molecule has 2 aliphatic heterocycles. The third kappa shape index (κ3) is 4.51. The smallest absolute Gasteiger partial charge is 0.349 e. The summed E-state index contributed by atoms with van der Waals surface area (Å²) in [6.07, 6.45) is 4.44. The highest BCUT2D eigenvalue weighted by atomic mass is 16.5. The molecular formula is C26H34N6O4. The summed E-state index contributed by atoms with van der Waals surface area (Å²) in [5.74, 6) is 1.25.